The summed E-state index contributed by atoms with van der Waals surface area (Å²) in [6.45, 7) is 0. The fraction of sp³-hybridized carbons (Fsp3) is 0. The first-order valence-electron chi connectivity index (χ1n) is 4.15. The summed E-state index contributed by atoms with van der Waals surface area (Å²) in [6, 6.07) is 0. The predicted molar refractivity (Wildman–Crippen MR) is 52.0 cm³/mol. The first kappa shape index (κ1) is 9.90. The molecule has 0 saturated carbocycles. The van der Waals surface area contributed by atoms with Gasteiger partial charge in [-0.05, 0) is 0 Å². The van der Waals surface area contributed by atoms with Crippen LogP contribution in [0.3, 0.4) is 0 Å². The maximum Gasteiger partial charge on any atom is 0.293 e. The second-order valence-corrected chi connectivity index (χ2v) is 2.89. The van der Waals surface area contributed by atoms with Gasteiger partial charge in [0.25, 0.3) is 11.1 Å². The minimum atomic E-state index is -0.749. The smallest absolute Gasteiger partial charge is 0.293 e. The number of nitrogens with zero attached hydrogens (tertiary/aromatic N) is 2. The molecule has 4 N–H and O–H groups in total. The molecule has 0 saturated heterocycles. The molecule has 0 unspecified atom stereocenters. The summed E-state index contributed by atoms with van der Waals surface area (Å²) >= 11 is 0. The molecule has 8 nitrogen and oxygen atoms in total. The van der Waals surface area contributed by atoms with E-state index in [1.54, 1.807) is 0 Å². The number of hydrogen-bond donors (Lipinski definition) is 4. The maximum absolute atomic E-state index is 11.1. The van der Waals surface area contributed by atoms with E-state index in [9.17, 15) is 9.59 Å². The third-order valence-electron chi connectivity index (χ3n) is 1.79. The molecular formula is C8H6N4O4. The third-order valence-corrected chi connectivity index (χ3v) is 1.79. The zero-order chi connectivity index (χ0) is 11.7. The van der Waals surface area contributed by atoms with Crippen LogP contribution in [0.1, 0.15) is 0 Å². The Labute approximate surface area is 87.3 Å². The molecule has 0 atom stereocenters. The van der Waals surface area contributed by atoms with Crippen LogP contribution in [0.4, 0.5) is 0 Å². The van der Waals surface area contributed by atoms with E-state index in [1.165, 1.54) is 0 Å². The van der Waals surface area contributed by atoms with Crippen LogP contribution >= 0.6 is 0 Å². The molecule has 0 aliphatic carbocycles. The lowest BCUT2D eigenvalue weighted by atomic mass is 10.4. The molecule has 0 aliphatic heterocycles. The van der Waals surface area contributed by atoms with Gasteiger partial charge in [0.2, 0.25) is 0 Å². The highest BCUT2D eigenvalue weighted by molar-refractivity contribution is 5.42. The van der Waals surface area contributed by atoms with E-state index in [4.69, 9.17) is 10.2 Å². The summed E-state index contributed by atoms with van der Waals surface area (Å²) < 4.78 is 0. The van der Waals surface area contributed by atoms with Crippen molar-refractivity contribution in [1.29, 1.82) is 0 Å². The Morgan fingerprint density at radius 1 is 0.875 bits per heavy atom. The predicted octanol–water partition coefficient (Wildman–Crippen LogP) is -1.07. The fourth-order valence-corrected chi connectivity index (χ4v) is 1.02. The molecule has 0 bridgehead atoms. The number of aromatic amines is 2. The van der Waals surface area contributed by atoms with Crippen molar-refractivity contribution in [1.82, 2.24) is 19.9 Å². The van der Waals surface area contributed by atoms with Gasteiger partial charge >= 0.3 is 0 Å². The highest BCUT2D eigenvalue weighted by Crippen LogP contribution is 2.07. The number of aromatic nitrogens is 4. The minimum absolute atomic E-state index is 0.0140. The molecule has 8 heteroatoms. The summed E-state index contributed by atoms with van der Waals surface area (Å²) in [5, 5.41) is 17.9. The van der Waals surface area contributed by atoms with Crippen LogP contribution in [0.5, 0.6) is 11.5 Å². The van der Waals surface area contributed by atoms with Crippen molar-refractivity contribution in [3.05, 3.63) is 33.1 Å². The fourth-order valence-electron chi connectivity index (χ4n) is 1.02. The molecule has 0 amide bonds. The largest absolute Gasteiger partial charge is 0.502 e. The molecule has 82 valence electrons. The van der Waals surface area contributed by atoms with E-state index in [0.717, 1.165) is 12.4 Å². The van der Waals surface area contributed by atoms with Crippen LogP contribution in [0.2, 0.25) is 0 Å². The van der Waals surface area contributed by atoms with Gasteiger partial charge < -0.3 is 20.2 Å². The van der Waals surface area contributed by atoms with Crippen LogP contribution < -0.4 is 11.1 Å². The molecule has 2 heterocycles. The monoisotopic (exact) mass is 222 g/mol. The van der Waals surface area contributed by atoms with Crippen molar-refractivity contribution < 1.29 is 10.2 Å². The number of nitrogens with one attached hydrogen (secondary N) is 2. The number of aromatic hydroxyl groups is 2. The van der Waals surface area contributed by atoms with Crippen molar-refractivity contribution in [3.63, 3.8) is 0 Å². The minimum Gasteiger partial charge on any atom is -0.502 e. The first-order chi connectivity index (χ1) is 7.58. The molecule has 2 aromatic rings. The highest BCUT2D eigenvalue weighted by atomic mass is 16.3. The van der Waals surface area contributed by atoms with E-state index in [1.807, 2.05) is 0 Å². The first-order valence-corrected chi connectivity index (χ1v) is 4.15. The van der Waals surface area contributed by atoms with Gasteiger partial charge in [-0.25, -0.2) is 9.97 Å². The summed E-state index contributed by atoms with van der Waals surface area (Å²) in [5.74, 6) is -1.10. The van der Waals surface area contributed by atoms with Gasteiger partial charge in [-0.1, -0.05) is 0 Å². The van der Waals surface area contributed by atoms with Gasteiger partial charge in [0.1, 0.15) is 0 Å². The topological polar surface area (TPSA) is 132 Å². The lowest BCUT2D eigenvalue weighted by Crippen LogP contribution is -2.12. The SMILES string of the molecule is O=c1[nH]c(-c2ncc(O)c(=O)[nH]2)ncc1O. The average Bonchev–Trinajstić information content (AvgIpc) is 2.26. The van der Waals surface area contributed by atoms with Crippen molar-refractivity contribution in [2.75, 3.05) is 0 Å². The Morgan fingerprint density at radius 2 is 1.25 bits per heavy atom. The van der Waals surface area contributed by atoms with Crippen LogP contribution in [0, 0.1) is 0 Å². The molecule has 0 radical (unpaired) electrons. The van der Waals surface area contributed by atoms with E-state index in [-0.39, 0.29) is 11.6 Å². The van der Waals surface area contributed by atoms with Crippen molar-refractivity contribution >= 4 is 0 Å². The van der Waals surface area contributed by atoms with E-state index in [2.05, 4.69) is 19.9 Å². The Balaban J connectivity index is 2.59. The molecule has 0 aliphatic rings. The summed E-state index contributed by atoms with van der Waals surface area (Å²) in [5.41, 5.74) is -1.50. The summed E-state index contributed by atoms with van der Waals surface area (Å²) in [6.07, 6.45) is 1.86. The lowest BCUT2D eigenvalue weighted by molar-refractivity contribution is 0.461. The normalized spacial score (nSPS) is 10.2. The maximum atomic E-state index is 11.1. The van der Waals surface area contributed by atoms with E-state index in [0.29, 0.717) is 0 Å². The number of hydrogen-bond acceptors (Lipinski definition) is 6. The zero-order valence-corrected chi connectivity index (χ0v) is 7.76. The van der Waals surface area contributed by atoms with Gasteiger partial charge in [-0.15, -0.1) is 0 Å². The zero-order valence-electron chi connectivity index (χ0n) is 7.76. The standard InChI is InChI=1S/C8H6N4O4/c13-3-1-9-5(11-7(3)15)6-10-2-4(14)8(16)12-6/h1-2,13-14H,(H,9,11,15)(H,10,12,16). The Hall–Kier alpha value is -2.64. The highest BCUT2D eigenvalue weighted by Gasteiger charge is 2.07. The van der Waals surface area contributed by atoms with Crippen LogP contribution in [0.15, 0.2) is 22.0 Å². The van der Waals surface area contributed by atoms with Crippen LogP contribution in [-0.2, 0) is 0 Å². The van der Waals surface area contributed by atoms with E-state index >= 15 is 0 Å². The average molecular weight is 222 g/mol. The van der Waals surface area contributed by atoms with Crippen molar-refractivity contribution in [3.8, 4) is 23.1 Å². The van der Waals surface area contributed by atoms with Gasteiger partial charge in [0, 0.05) is 0 Å². The molecule has 0 aromatic carbocycles. The Kier molecular flexibility index (Phi) is 2.16. The summed E-state index contributed by atoms with van der Waals surface area (Å²) in [7, 11) is 0. The second kappa shape index (κ2) is 3.50. The number of rotatable bonds is 1. The lowest BCUT2D eigenvalue weighted by Gasteiger charge is -1.99. The molecule has 0 fully saturated rings. The van der Waals surface area contributed by atoms with Crippen LogP contribution in [-0.4, -0.2) is 30.1 Å². The summed E-state index contributed by atoms with van der Waals surface area (Å²) in [4.78, 5) is 33.8. The van der Waals surface area contributed by atoms with Gasteiger partial charge in [0.15, 0.2) is 23.1 Å². The van der Waals surface area contributed by atoms with Gasteiger partial charge in [-0.3, -0.25) is 9.59 Å². The van der Waals surface area contributed by atoms with Crippen LogP contribution in [0.25, 0.3) is 11.6 Å². The molecule has 0 spiro atoms. The Morgan fingerprint density at radius 3 is 1.56 bits per heavy atom. The second-order valence-electron chi connectivity index (χ2n) is 2.89. The van der Waals surface area contributed by atoms with Gasteiger partial charge in [-0.2, -0.15) is 0 Å². The quantitative estimate of drug-likeness (QED) is 0.485. The Bertz CT molecular complexity index is 587. The molecule has 2 aromatic heterocycles. The van der Waals surface area contributed by atoms with E-state index < -0.39 is 22.6 Å². The number of H-pyrrole nitrogens is 2. The van der Waals surface area contributed by atoms with Crippen molar-refractivity contribution in [2.24, 2.45) is 0 Å². The molecular weight excluding hydrogens is 216 g/mol. The third kappa shape index (κ3) is 1.63. The molecule has 16 heavy (non-hydrogen) atoms. The van der Waals surface area contributed by atoms with Gasteiger partial charge in [0.05, 0.1) is 12.4 Å². The molecule has 2 rings (SSSR count). The van der Waals surface area contributed by atoms with Crippen molar-refractivity contribution in [2.45, 2.75) is 0 Å².